The van der Waals surface area contributed by atoms with Gasteiger partial charge in [0.2, 0.25) is 6.10 Å². The number of benzene rings is 3. The molecule has 33 heavy (non-hydrogen) atoms. The molecule has 1 heterocycles. The third kappa shape index (κ3) is 4.52. The zero-order valence-electron chi connectivity index (χ0n) is 18.0. The van der Waals surface area contributed by atoms with Gasteiger partial charge < -0.3 is 9.47 Å². The molecule has 1 aliphatic rings. The van der Waals surface area contributed by atoms with Crippen molar-refractivity contribution in [1.82, 2.24) is 0 Å². The smallest absolute Gasteiger partial charge is 0.352 e. The van der Waals surface area contributed by atoms with Crippen LogP contribution < -0.4 is 4.90 Å². The topological polar surface area (TPSA) is 85.3 Å². The van der Waals surface area contributed by atoms with Gasteiger partial charge in [0.25, 0.3) is 0 Å². The van der Waals surface area contributed by atoms with Crippen LogP contribution in [0.15, 0.2) is 83.9 Å². The van der Waals surface area contributed by atoms with Crippen LogP contribution in [-0.2, 0) is 25.5 Å². The second-order valence-electron chi connectivity index (χ2n) is 7.49. The number of ether oxygens (including phenoxy) is 2. The van der Waals surface area contributed by atoms with E-state index in [1.54, 1.807) is 54.6 Å². The number of esters is 2. The van der Waals surface area contributed by atoms with E-state index >= 15 is 0 Å². The number of aliphatic imine (C=N–C) groups is 1. The van der Waals surface area contributed by atoms with E-state index in [4.69, 9.17) is 9.47 Å². The molecule has 0 aromatic heterocycles. The Kier molecular flexibility index (Phi) is 6.31. The van der Waals surface area contributed by atoms with Crippen molar-refractivity contribution < 1.29 is 23.9 Å². The molecule has 4 rings (SSSR count). The molecular weight excluding hydrogens is 420 g/mol. The van der Waals surface area contributed by atoms with Gasteiger partial charge in [-0.25, -0.2) is 14.6 Å². The van der Waals surface area contributed by atoms with E-state index < -0.39 is 30.2 Å². The van der Waals surface area contributed by atoms with Crippen molar-refractivity contribution in [1.29, 1.82) is 0 Å². The first-order valence-corrected chi connectivity index (χ1v) is 10.4. The Labute approximate surface area is 191 Å². The van der Waals surface area contributed by atoms with Gasteiger partial charge in [0.15, 0.2) is 0 Å². The van der Waals surface area contributed by atoms with Gasteiger partial charge in [0.1, 0.15) is 6.10 Å². The van der Waals surface area contributed by atoms with Gasteiger partial charge in [0.05, 0.1) is 11.4 Å². The molecule has 0 N–H and O–H groups in total. The molecule has 0 saturated heterocycles. The first kappa shape index (κ1) is 22.0. The van der Waals surface area contributed by atoms with Crippen molar-refractivity contribution in [2.45, 2.75) is 25.6 Å². The number of amides is 2. The minimum atomic E-state index is -1.21. The molecule has 1 aliphatic heterocycles. The lowest BCUT2D eigenvalue weighted by atomic mass is 10.0. The summed E-state index contributed by atoms with van der Waals surface area (Å²) in [5, 5.41) is 0. The Hall–Kier alpha value is -4.26. The molecule has 0 fully saturated rings. The summed E-state index contributed by atoms with van der Waals surface area (Å²) in [6.07, 6.45) is -1.61. The zero-order valence-corrected chi connectivity index (χ0v) is 18.0. The fourth-order valence-electron chi connectivity index (χ4n) is 3.93. The average molecular weight is 442 g/mol. The minimum Gasteiger partial charge on any atom is -0.454 e. The molecule has 3 aromatic carbocycles. The van der Waals surface area contributed by atoms with Gasteiger partial charge in [-0.3, -0.25) is 9.69 Å². The van der Waals surface area contributed by atoms with E-state index in [1.807, 2.05) is 24.3 Å². The Morgan fingerprint density at radius 1 is 0.939 bits per heavy atom. The molecule has 7 nitrogen and oxygen atoms in total. The SMILES string of the molecule is C=NC(=O)N1c2ccccc2CC(OC(=O)C(OC(C)=O)c2ccccc2)c2ccccc21. The second-order valence-corrected chi connectivity index (χ2v) is 7.49. The summed E-state index contributed by atoms with van der Waals surface area (Å²) in [7, 11) is 0. The lowest BCUT2D eigenvalue weighted by Gasteiger charge is -2.24. The summed E-state index contributed by atoms with van der Waals surface area (Å²) in [6.45, 7) is 4.63. The molecule has 3 aromatic rings. The number of nitrogens with zero attached hydrogens (tertiary/aromatic N) is 2. The van der Waals surface area contributed by atoms with E-state index in [1.165, 1.54) is 11.8 Å². The number of hydrogen-bond acceptors (Lipinski definition) is 5. The maximum Gasteiger partial charge on any atom is 0.352 e. The normalized spacial score (nSPS) is 15.3. The van der Waals surface area contributed by atoms with Gasteiger partial charge in [-0.1, -0.05) is 66.7 Å². The maximum absolute atomic E-state index is 13.2. The Balaban J connectivity index is 1.76. The highest BCUT2D eigenvalue weighted by Gasteiger charge is 2.34. The molecule has 0 spiro atoms. The number of hydrogen-bond donors (Lipinski definition) is 0. The quantitative estimate of drug-likeness (QED) is 0.415. The van der Waals surface area contributed by atoms with Crippen LogP contribution in [0.1, 0.15) is 35.8 Å². The molecule has 0 bridgehead atoms. The van der Waals surface area contributed by atoms with E-state index in [-0.39, 0.29) is 0 Å². The first-order valence-electron chi connectivity index (χ1n) is 10.4. The standard InChI is InChI=1S/C26H22N2O5/c1-17(29)32-24(18-10-4-3-5-11-18)25(30)33-23-16-19-12-6-8-14-21(19)28(26(31)27-2)22-15-9-7-13-20(22)23/h3-15,23-24H,2,16H2,1H3. The largest absolute Gasteiger partial charge is 0.454 e. The lowest BCUT2D eigenvalue weighted by molar-refractivity contribution is -0.171. The molecule has 0 saturated carbocycles. The van der Waals surface area contributed by atoms with Crippen molar-refractivity contribution in [3.05, 3.63) is 95.6 Å². The third-order valence-corrected chi connectivity index (χ3v) is 5.35. The Morgan fingerprint density at radius 3 is 2.27 bits per heavy atom. The summed E-state index contributed by atoms with van der Waals surface area (Å²) in [4.78, 5) is 42.7. The summed E-state index contributed by atoms with van der Waals surface area (Å²) in [5.41, 5.74) is 3.12. The monoisotopic (exact) mass is 442 g/mol. The molecule has 2 unspecified atom stereocenters. The highest BCUT2D eigenvalue weighted by Crippen LogP contribution is 2.42. The Morgan fingerprint density at radius 2 is 1.58 bits per heavy atom. The van der Waals surface area contributed by atoms with Crippen molar-refractivity contribution in [3.8, 4) is 0 Å². The molecule has 0 aliphatic carbocycles. The molecule has 7 heteroatoms. The van der Waals surface area contributed by atoms with Crippen LogP contribution >= 0.6 is 0 Å². The molecule has 166 valence electrons. The van der Waals surface area contributed by atoms with Crippen LogP contribution in [0.25, 0.3) is 0 Å². The number of carbonyl (C=O) groups excluding carboxylic acids is 3. The lowest BCUT2D eigenvalue weighted by Crippen LogP contribution is -2.25. The van der Waals surface area contributed by atoms with Crippen molar-refractivity contribution >= 4 is 36.1 Å². The van der Waals surface area contributed by atoms with Gasteiger partial charge in [-0.05, 0) is 24.4 Å². The number of carbonyl (C=O) groups is 3. The summed E-state index contributed by atoms with van der Waals surface area (Å²) in [6, 6.07) is 22.7. The molecular formula is C26H22N2O5. The fraction of sp³-hybridized carbons (Fsp3) is 0.154. The van der Waals surface area contributed by atoms with E-state index in [2.05, 4.69) is 11.7 Å². The van der Waals surface area contributed by atoms with Crippen LogP contribution in [-0.4, -0.2) is 24.7 Å². The number of para-hydroxylation sites is 2. The minimum absolute atomic E-state index is 0.321. The summed E-state index contributed by atoms with van der Waals surface area (Å²) < 4.78 is 11.2. The number of fused-ring (bicyclic) bond motifs is 2. The van der Waals surface area contributed by atoms with Gasteiger partial charge >= 0.3 is 18.0 Å². The first-order chi connectivity index (χ1) is 16.0. The summed E-state index contributed by atoms with van der Waals surface area (Å²) in [5.74, 6) is -1.29. The summed E-state index contributed by atoms with van der Waals surface area (Å²) >= 11 is 0. The predicted molar refractivity (Wildman–Crippen MR) is 123 cm³/mol. The van der Waals surface area contributed by atoms with Gasteiger partial charge in [-0.15, -0.1) is 0 Å². The van der Waals surface area contributed by atoms with E-state index in [0.717, 1.165) is 5.56 Å². The number of anilines is 2. The molecule has 2 amide bonds. The van der Waals surface area contributed by atoms with Crippen molar-refractivity contribution in [2.24, 2.45) is 4.99 Å². The van der Waals surface area contributed by atoms with Gasteiger partial charge in [-0.2, -0.15) is 0 Å². The van der Waals surface area contributed by atoms with Crippen LogP contribution in [0.4, 0.5) is 16.2 Å². The molecule has 2 atom stereocenters. The van der Waals surface area contributed by atoms with Crippen LogP contribution in [0.3, 0.4) is 0 Å². The Bertz CT molecular complexity index is 1210. The van der Waals surface area contributed by atoms with Crippen LogP contribution in [0.2, 0.25) is 0 Å². The average Bonchev–Trinajstić information content (AvgIpc) is 2.97. The highest BCUT2D eigenvalue weighted by atomic mass is 16.6. The third-order valence-electron chi connectivity index (χ3n) is 5.35. The van der Waals surface area contributed by atoms with Gasteiger partial charge in [0, 0.05) is 24.5 Å². The van der Waals surface area contributed by atoms with Crippen LogP contribution in [0, 0.1) is 0 Å². The molecule has 0 radical (unpaired) electrons. The van der Waals surface area contributed by atoms with E-state index in [9.17, 15) is 14.4 Å². The number of urea groups is 1. The predicted octanol–water partition coefficient (Wildman–Crippen LogP) is 5.09. The maximum atomic E-state index is 13.2. The highest BCUT2D eigenvalue weighted by molar-refractivity contribution is 6.03. The van der Waals surface area contributed by atoms with Crippen LogP contribution in [0.5, 0.6) is 0 Å². The van der Waals surface area contributed by atoms with Crippen molar-refractivity contribution in [2.75, 3.05) is 4.90 Å². The van der Waals surface area contributed by atoms with E-state index in [0.29, 0.717) is 28.9 Å². The zero-order chi connectivity index (χ0) is 23.4. The second kappa shape index (κ2) is 9.48. The van der Waals surface area contributed by atoms with Crippen molar-refractivity contribution in [3.63, 3.8) is 0 Å². The fourth-order valence-corrected chi connectivity index (χ4v) is 3.93. The number of rotatable bonds is 4.